The molecule has 1 aliphatic heterocycles. The molecule has 1 saturated heterocycles. The topological polar surface area (TPSA) is 69.6 Å². The van der Waals surface area contributed by atoms with Crippen LogP contribution in [0.4, 0.5) is 4.79 Å². The minimum absolute atomic E-state index is 0.00610. The van der Waals surface area contributed by atoms with E-state index in [-0.39, 0.29) is 24.0 Å². The van der Waals surface area contributed by atoms with Crippen LogP contribution in [0.25, 0.3) is 0 Å². The zero-order valence-corrected chi connectivity index (χ0v) is 11.5. The van der Waals surface area contributed by atoms with Crippen molar-refractivity contribution in [1.82, 2.24) is 10.2 Å². The molecule has 0 saturated carbocycles. The Kier molecular flexibility index (Phi) is 4.99. The van der Waals surface area contributed by atoms with E-state index in [2.05, 4.69) is 5.32 Å². The molecule has 104 valence electrons. The van der Waals surface area contributed by atoms with E-state index >= 15 is 0 Å². The van der Waals surface area contributed by atoms with Gasteiger partial charge < -0.3 is 15.3 Å². The molecule has 5 heteroatoms. The molecule has 0 aromatic heterocycles. The van der Waals surface area contributed by atoms with Crippen LogP contribution in [0.3, 0.4) is 0 Å². The molecule has 18 heavy (non-hydrogen) atoms. The fourth-order valence-electron chi connectivity index (χ4n) is 2.52. The second-order valence-electron chi connectivity index (χ2n) is 5.60. The molecule has 1 unspecified atom stereocenters. The van der Waals surface area contributed by atoms with E-state index in [4.69, 9.17) is 5.11 Å². The Balaban J connectivity index is 2.57. The molecule has 1 atom stereocenters. The fraction of sp³-hybridized carbons (Fsp3) is 0.846. The molecule has 0 aromatic rings. The number of carbonyl (C=O) groups excluding carboxylic acids is 1. The summed E-state index contributed by atoms with van der Waals surface area (Å²) in [6.45, 7) is 6.84. The zero-order valence-electron chi connectivity index (χ0n) is 11.5. The molecule has 5 nitrogen and oxygen atoms in total. The second kappa shape index (κ2) is 6.07. The normalized spacial score (nSPS) is 19.6. The monoisotopic (exact) mass is 256 g/mol. The number of carboxylic acids is 1. The summed E-state index contributed by atoms with van der Waals surface area (Å²) in [7, 11) is 0. The first kappa shape index (κ1) is 14.8. The number of hydrogen-bond acceptors (Lipinski definition) is 2. The molecular formula is C13H24N2O3. The quantitative estimate of drug-likeness (QED) is 0.792. The number of hydrogen-bond donors (Lipinski definition) is 2. The molecule has 0 radical (unpaired) electrons. The Hall–Kier alpha value is -1.26. The van der Waals surface area contributed by atoms with Crippen molar-refractivity contribution in [3.8, 4) is 0 Å². The third-order valence-electron chi connectivity index (χ3n) is 3.53. The number of carboxylic acid groups (broad SMARTS) is 1. The summed E-state index contributed by atoms with van der Waals surface area (Å²) in [6.07, 6.45) is 3.57. The second-order valence-corrected chi connectivity index (χ2v) is 5.60. The lowest BCUT2D eigenvalue weighted by Crippen LogP contribution is -2.51. The van der Waals surface area contributed by atoms with Gasteiger partial charge in [0.25, 0.3) is 0 Å². The first-order chi connectivity index (χ1) is 8.36. The molecule has 1 heterocycles. The van der Waals surface area contributed by atoms with Crippen LogP contribution in [0.5, 0.6) is 0 Å². The van der Waals surface area contributed by atoms with Crippen LogP contribution in [0.15, 0.2) is 0 Å². The number of nitrogens with zero attached hydrogens (tertiary/aromatic N) is 1. The van der Waals surface area contributed by atoms with Gasteiger partial charge in [-0.15, -0.1) is 0 Å². The van der Waals surface area contributed by atoms with Crippen molar-refractivity contribution in [2.45, 2.75) is 64.5 Å². The van der Waals surface area contributed by atoms with E-state index in [0.717, 1.165) is 25.8 Å². The number of carbonyl (C=O) groups is 2. The van der Waals surface area contributed by atoms with E-state index in [1.165, 1.54) is 0 Å². The largest absolute Gasteiger partial charge is 0.481 e. The van der Waals surface area contributed by atoms with E-state index in [9.17, 15) is 9.59 Å². The number of aliphatic carboxylic acids is 1. The van der Waals surface area contributed by atoms with Gasteiger partial charge in [-0.05, 0) is 33.1 Å². The predicted octanol–water partition coefficient (Wildman–Crippen LogP) is 2.21. The van der Waals surface area contributed by atoms with Gasteiger partial charge in [-0.25, -0.2) is 4.79 Å². The molecule has 0 aliphatic carbocycles. The van der Waals surface area contributed by atoms with Crippen LogP contribution in [-0.2, 0) is 4.79 Å². The number of rotatable bonds is 5. The van der Waals surface area contributed by atoms with Crippen molar-refractivity contribution in [3.05, 3.63) is 0 Å². The summed E-state index contributed by atoms with van der Waals surface area (Å²) < 4.78 is 0. The van der Waals surface area contributed by atoms with Crippen molar-refractivity contribution in [2.24, 2.45) is 0 Å². The summed E-state index contributed by atoms with van der Waals surface area (Å²) in [6, 6.07) is -0.395. The van der Waals surface area contributed by atoms with Gasteiger partial charge in [0.15, 0.2) is 0 Å². The van der Waals surface area contributed by atoms with Gasteiger partial charge in [-0.2, -0.15) is 0 Å². The highest BCUT2D eigenvalue weighted by molar-refractivity contribution is 5.77. The van der Waals surface area contributed by atoms with Crippen LogP contribution < -0.4 is 5.32 Å². The SMILES string of the molecule is CCCC(CC(=O)O)NC(=O)N1CCCC1(C)C. The highest BCUT2D eigenvalue weighted by Crippen LogP contribution is 2.28. The maximum absolute atomic E-state index is 12.1. The van der Waals surface area contributed by atoms with E-state index in [0.29, 0.717) is 6.42 Å². The van der Waals surface area contributed by atoms with Crippen molar-refractivity contribution in [1.29, 1.82) is 0 Å². The number of urea groups is 1. The van der Waals surface area contributed by atoms with Crippen LogP contribution >= 0.6 is 0 Å². The third kappa shape index (κ3) is 3.89. The minimum Gasteiger partial charge on any atom is -0.481 e. The Morgan fingerprint density at radius 1 is 1.44 bits per heavy atom. The Morgan fingerprint density at radius 2 is 2.11 bits per heavy atom. The summed E-state index contributed by atoms with van der Waals surface area (Å²) >= 11 is 0. The zero-order chi connectivity index (χ0) is 13.8. The molecule has 0 bridgehead atoms. The van der Waals surface area contributed by atoms with E-state index in [1.54, 1.807) is 0 Å². The van der Waals surface area contributed by atoms with Crippen molar-refractivity contribution >= 4 is 12.0 Å². The standard InChI is InChI=1S/C13H24N2O3/c1-4-6-10(9-11(16)17)14-12(18)15-8-5-7-13(15,2)3/h10H,4-9H2,1-3H3,(H,14,18)(H,16,17). The number of amides is 2. The predicted molar refractivity (Wildman–Crippen MR) is 69.5 cm³/mol. The average Bonchev–Trinajstić information content (AvgIpc) is 2.57. The molecule has 2 amide bonds. The van der Waals surface area contributed by atoms with E-state index < -0.39 is 5.97 Å². The fourth-order valence-corrected chi connectivity index (χ4v) is 2.52. The van der Waals surface area contributed by atoms with Crippen LogP contribution in [0.1, 0.15) is 52.9 Å². The summed E-state index contributed by atoms with van der Waals surface area (Å²) in [5.41, 5.74) is -0.121. The summed E-state index contributed by atoms with van der Waals surface area (Å²) in [5, 5.41) is 11.7. The number of likely N-dealkylation sites (tertiary alicyclic amines) is 1. The Morgan fingerprint density at radius 3 is 2.56 bits per heavy atom. The van der Waals surface area contributed by atoms with Crippen LogP contribution in [-0.4, -0.2) is 40.1 Å². The molecule has 2 N–H and O–H groups in total. The molecule has 0 aromatic carbocycles. The maximum Gasteiger partial charge on any atom is 0.318 e. The Labute approximate surface area is 109 Å². The van der Waals surface area contributed by atoms with Gasteiger partial charge in [0.2, 0.25) is 0 Å². The van der Waals surface area contributed by atoms with Gasteiger partial charge in [-0.1, -0.05) is 13.3 Å². The maximum atomic E-state index is 12.1. The lowest BCUT2D eigenvalue weighted by atomic mass is 10.0. The molecular weight excluding hydrogens is 232 g/mol. The lowest BCUT2D eigenvalue weighted by molar-refractivity contribution is -0.137. The first-order valence-corrected chi connectivity index (χ1v) is 6.66. The van der Waals surface area contributed by atoms with Gasteiger partial charge in [0, 0.05) is 18.1 Å². The van der Waals surface area contributed by atoms with Gasteiger partial charge in [-0.3, -0.25) is 4.79 Å². The van der Waals surface area contributed by atoms with Crippen LogP contribution in [0, 0.1) is 0 Å². The number of nitrogens with one attached hydrogen (secondary N) is 1. The smallest absolute Gasteiger partial charge is 0.318 e. The molecule has 1 aliphatic rings. The summed E-state index contributed by atoms with van der Waals surface area (Å²) in [4.78, 5) is 24.7. The van der Waals surface area contributed by atoms with Gasteiger partial charge >= 0.3 is 12.0 Å². The van der Waals surface area contributed by atoms with Crippen molar-refractivity contribution in [3.63, 3.8) is 0 Å². The van der Waals surface area contributed by atoms with Crippen molar-refractivity contribution in [2.75, 3.05) is 6.54 Å². The van der Waals surface area contributed by atoms with Crippen molar-refractivity contribution < 1.29 is 14.7 Å². The third-order valence-corrected chi connectivity index (χ3v) is 3.53. The minimum atomic E-state index is -0.866. The Bertz CT molecular complexity index is 315. The average molecular weight is 256 g/mol. The highest BCUT2D eigenvalue weighted by Gasteiger charge is 2.36. The summed E-state index contributed by atoms with van der Waals surface area (Å²) in [5.74, 6) is -0.866. The van der Waals surface area contributed by atoms with Gasteiger partial charge in [0.1, 0.15) is 0 Å². The van der Waals surface area contributed by atoms with Crippen LogP contribution in [0.2, 0.25) is 0 Å². The molecule has 1 fully saturated rings. The first-order valence-electron chi connectivity index (χ1n) is 6.66. The highest BCUT2D eigenvalue weighted by atomic mass is 16.4. The van der Waals surface area contributed by atoms with E-state index in [1.807, 2.05) is 25.7 Å². The van der Waals surface area contributed by atoms with Gasteiger partial charge in [0.05, 0.1) is 6.42 Å². The molecule has 0 spiro atoms. The lowest BCUT2D eigenvalue weighted by Gasteiger charge is -2.33. The molecule has 1 rings (SSSR count).